The highest BCUT2D eigenvalue weighted by molar-refractivity contribution is 5.46. The van der Waals surface area contributed by atoms with Gasteiger partial charge < -0.3 is 14.8 Å². The lowest BCUT2D eigenvalue weighted by atomic mass is 10.1. The van der Waals surface area contributed by atoms with Gasteiger partial charge in [0.05, 0.1) is 13.7 Å². The quantitative estimate of drug-likeness (QED) is 0.706. The number of rotatable bonds is 9. The fraction of sp³-hybridized carbons (Fsp3) is 0.400. The Hall–Kier alpha value is -2.00. The molecule has 0 aliphatic heterocycles. The number of hydrogen-bond acceptors (Lipinski definition) is 3. The maximum atomic E-state index is 5.88. The van der Waals surface area contributed by atoms with E-state index < -0.39 is 0 Å². The Morgan fingerprint density at radius 1 is 1.00 bits per heavy atom. The second-order valence-corrected chi connectivity index (χ2v) is 5.65. The van der Waals surface area contributed by atoms with Crippen molar-refractivity contribution in [2.45, 2.75) is 33.2 Å². The van der Waals surface area contributed by atoms with Crippen LogP contribution in [0, 0.1) is 6.92 Å². The van der Waals surface area contributed by atoms with E-state index in [1.54, 1.807) is 7.11 Å². The van der Waals surface area contributed by atoms with Crippen LogP contribution in [-0.4, -0.2) is 20.3 Å². The van der Waals surface area contributed by atoms with Gasteiger partial charge >= 0.3 is 0 Å². The average molecular weight is 313 g/mol. The molecule has 0 radical (unpaired) electrons. The molecule has 0 aromatic heterocycles. The summed E-state index contributed by atoms with van der Waals surface area (Å²) in [4.78, 5) is 0. The molecule has 3 nitrogen and oxygen atoms in total. The van der Waals surface area contributed by atoms with Crippen molar-refractivity contribution in [3.05, 3.63) is 59.2 Å². The van der Waals surface area contributed by atoms with E-state index in [-0.39, 0.29) is 0 Å². The number of hydrogen-bond donors (Lipinski definition) is 1. The summed E-state index contributed by atoms with van der Waals surface area (Å²) in [5.74, 6) is 1.66. The topological polar surface area (TPSA) is 30.5 Å². The molecule has 3 heteroatoms. The first kappa shape index (κ1) is 17.4. The third kappa shape index (κ3) is 5.00. The minimum Gasteiger partial charge on any atom is -0.493 e. The standard InChI is InChI=1S/C20H27NO2/c1-4-14-23-20-18(10-7-11-19(20)22-3)15-21-13-12-17-9-6-5-8-16(17)2/h5-11,21H,4,12-15H2,1-3H3. The van der Waals surface area contributed by atoms with Gasteiger partial charge in [0.15, 0.2) is 11.5 Å². The maximum absolute atomic E-state index is 5.88. The van der Waals surface area contributed by atoms with E-state index >= 15 is 0 Å². The summed E-state index contributed by atoms with van der Waals surface area (Å²) in [6.07, 6.45) is 2.01. The lowest BCUT2D eigenvalue weighted by Crippen LogP contribution is -2.18. The molecule has 0 heterocycles. The van der Waals surface area contributed by atoms with Gasteiger partial charge in [-0.2, -0.15) is 0 Å². The summed E-state index contributed by atoms with van der Waals surface area (Å²) in [7, 11) is 1.68. The van der Waals surface area contributed by atoms with Gasteiger partial charge in [0, 0.05) is 12.1 Å². The summed E-state index contributed by atoms with van der Waals surface area (Å²) < 4.78 is 11.3. The molecule has 2 rings (SSSR count). The van der Waals surface area contributed by atoms with E-state index in [9.17, 15) is 0 Å². The second kappa shape index (κ2) is 9.21. The number of methoxy groups -OCH3 is 1. The molecule has 23 heavy (non-hydrogen) atoms. The summed E-state index contributed by atoms with van der Waals surface area (Å²) in [6, 6.07) is 14.6. The van der Waals surface area contributed by atoms with Gasteiger partial charge in [-0.15, -0.1) is 0 Å². The van der Waals surface area contributed by atoms with Crippen LogP contribution in [0.2, 0.25) is 0 Å². The molecule has 0 atom stereocenters. The van der Waals surface area contributed by atoms with E-state index in [1.807, 2.05) is 12.1 Å². The zero-order chi connectivity index (χ0) is 16.5. The third-order valence-electron chi connectivity index (χ3n) is 3.88. The zero-order valence-corrected chi connectivity index (χ0v) is 14.4. The van der Waals surface area contributed by atoms with Crippen LogP contribution in [0.1, 0.15) is 30.0 Å². The lowest BCUT2D eigenvalue weighted by molar-refractivity contribution is 0.290. The molecule has 0 aliphatic rings. The average Bonchev–Trinajstić information content (AvgIpc) is 2.58. The van der Waals surface area contributed by atoms with Crippen LogP contribution in [0.25, 0.3) is 0 Å². The SMILES string of the molecule is CCCOc1c(CNCCc2ccccc2C)cccc1OC. The zero-order valence-electron chi connectivity index (χ0n) is 14.4. The fourth-order valence-corrected chi connectivity index (χ4v) is 2.57. The molecule has 2 aromatic rings. The molecule has 0 spiro atoms. The largest absolute Gasteiger partial charge is 0.493 e. The molecule has 0 bridgehead atoms. The number of benzene rings is 2. The minimum absolute atomic E-state index is 0.705. The molecule has 1 N–H and O–H groups in total. The van der Waals surface area contributed by atoms with E-state index in [2.05, 4.69) is 49.5 Å². The highest BCUT2D eigenvalue weighted by atomic mass is 16.5. The predicted octanol–water partition coefficient (Wildman–Crippen LogP) is 4.12. The first-order valence-electron chi connectivity index (χ1n) is 8.30. The lowest BCUT2D eigenvalue weighted by Gasteiger charge is -2.15. The minimum atomic E-state index is 0.705. The Bertz CT molecular complexity index is 610. The van der Waals surface area contributed by atoms with Crippen molar-refractivity contribution >= 4 is 0 Å². The first-order valence-corrected chi connectivity index (χ1v) is 8.30. The molecular formula is C20H27NO2. The van der Waals surface area contributed by atoms with E-state index in [4.69, 9.17) is 9.47 Å². The molecule has 0 saturated carbocycles. The van der Waals surface area contributed by atoms with Gasteiger partial charge in [0.1, 0.15) is 0 Å². The predicted molar refractivity (Wildman–Crippen MR) is 95.4 cm³/mol. The highest BCUT2D eigenvalue weighted by Crippen LogP contribution is 2.31. The van der Waals surface area contributed by atoms with Crippen molar-refractivity contribution < 1.29 is 9.47 Å². The summed E-state index contributed by atoms with van der Waals surface area (Å²) >= 11 is 0. The summed E-state index contributed by atoms with van der Waals surface area (Å²) in [5, 5.41) is 3.51. The van der Waals surface area contributed by atoms with Crippen LogP contribution in [0.5, 0.6) is 11.5 Å². The van der Waals surface area contributed by atoms with Crippen LogP contribution >= 0.6 is 0 Å². The molecular weight excluding hydrogens is 286 g/mol. The molecule has 0 aliphatic carbocycles. The number of para-hydroxylation sites is 1. The van der Waals surface area contributed by atoms with Crippen molar-refractivity contribution in [3.63, 3.8) is 0 Å². The van der Waals surface area contributed by atoms with Crippen molar-refractivity contribution in [2.24, 2.45) is 0 Å². The van der Waals surface area contributed by atoms with Crippen LogP contribution in [0.4, 0.5) is 0 Å². The van der Waals surface area contributed by atoms with Crippen molar-refractivity contribution in [2.75, 3.05) is 20.3 Å². The third-order valence-corrected chi connectivity index (χ3v) is 3.88. The normalized spacial score (nSPS) is 10.6. The maximum Gasteiger partial charge on any atom is 0.165 e. The van der Waals surface area contributed by atoms with Gasteiger partial charge in [-0.25, -0.2) is 0 Å². The first-order chi connectivity index (χ1) is 11.3. The van der Waals surface area contributed by atoms with Crippen LogP contribution < -0.4 is 14.8 Å². The molecule has 0 amide bonds. The highest BCUT2D eigenvalue weighted by Gasteiger charge is 2.10. The molecule has 0 unspecified atom stereocenters. The van der Waals surface area contributed by atoms with Gasteiger partial charge in [-0.1, -0.05) is 43.3 Å². The Morgan fingerprint density at radius 3 is 2.52 bits per heavy atom. The van der Waals surface area contributed by atoms with Gasteiger partial charge in [-0.05, 0) is 43.5 Å². The fourth-order valence-electron chi connectivity index (χ4n) is 2.57. The van der Waals surface area contributed by atoms with Crippen molar-refractivity contribution in [1.29, 1.82) is 0 Å². The Labute approximate surface area is 139 Å². The summed E-state index contributed by atoms with van der Waals surface area (Å²) in [6.45, 7) is 6.69. The Morgan fingerprint density at radius 2 is 1.78 bits per heavy atom. The van der Waals surface area contributed by atoms with Crippen LogP contribution in [0.15, 0.2) is 42.5 Å². The second-order valence-electron chi connectivity index (χ2n) is 5.65. The van der Waals surface area contributed by atoms with Crippen LogP contribution in [0.3, 0.4) is 0 Å². The molecule has 2 aromatic carbocycles. The van der Waals surface area contributed by atoms with E-state index in [1.165, 1.54) is 11.1 Å². The molecule has 124 valence electrons. The van der Waals surface area contributed by atoms with E-state index in [0.29, 0.717) is 6.61 Å². The van der Waals surface area contributed by atoms with Crippen molar-refractivity contribution in [3.8, 4) is 11.5 Å². The Balaban J connectivity index is 1.93. The van der Waals surface area contributed by atoms with Crippen LogP contribution in [-0.2, 0) is 13.0 Å². The van der Waals surface area contributed by atoms with Gasteiger partial charge in [-0.3, -0.25) is 0 Å². The van der Waals surface area contributed by atoms with Crippen molar-refractivity contribution in [1.82, 2.24) is 5.32 Å². The summed E-state index contributed by atoms with van der Waals surface area (Å²) in [5.41, 5.74) is 3.89. The van der Waals surface area contributed by atoms with Gasteiger partial charge in [0.25, 0.3) is 0 Å². The van der Waals surface area contributed by atoms with Gasteiger partial charge in [0.2, 0.25) is 0 Å². The number of ether oxygens (including phenoxy) is 2. The smallest absolute Gasteiger partial charge is 0.165 e. The monoisotopic (exact) mass is 313 g/mol. The number of aryl methyl sites for hydroxylation is 1. The van der Waals surface area contributed by atoms with E-state index in [0.717, 1.165) is 43.0 Å². The Kier molecular flexibility index (Phi) is 6.95. The molecule has 0 saturated heterocycles. The molecule has 0 fully saturated rings. The number of nitrogens with one attached hydrogen (secondary N) is 1.